The summed E-state index contributed by atoms with van der Waals surface area (Å²) in [6.07, 6.45) is -0.905. The zero-order valence-corrected chi connectivity index (χ0v) is 9.48. The van der Waals surface area contributed by atoms with Gasteiger partial charge in [0, 0.05) is 6.61 Å². The van der Waals surface area contributed by atoms with Gasteiger partial charge in [0.25, 0.3) is 0 Å². The van der Waals surface area contributed by atoms with E-state index in [1.165, 1.54) is 0 Å². The summed E-state index contributed by atoms with van der Waals surface area (Å²) in [4.78, 5) is 10.6. The van der Waals surface area contributed by atoms with Crippen LogP contribution in [0.2, 0.25) is 0 Å². The van der Waals surface area contributed by atoms with Gasteiger partial charge >= 0.3 is 6.16 Å². The molecule has 0 aromatic carbocycles. The molecule has 1 heterocycles. The number of cyclic esters (lactones) is 2. The lowest BCUT2D eigenvalue weighted by atomic mass is 10.4. The highest BCUT2D eigenvalue weighted by Crippen LogP contribution is 2.05. The van der Waals surface area contributed by atoms with E-state index < -0.39 is 6.16 Å². The highest BCUT2D eigenvalue weighted by Gasteiger charge is 2.24. The van der Waals surface area contributed by atoms with Crippen LogP contribution in [0, 0.1) is 0 Å². The van der Waals surface area contributed by atoms with Crippen molar-refractivity contribution in [2.75, 3.05) is 46.2 Å². The number of rotatable bonds is 9. The van der Waals surface area contributed by atoms with E-state index in [-0.39, 0.29) is 12.7 Å². The fraction of sp³-hybridized carbons (Fsp3) is 0.900. The van der Waals surface area contributed by atoms with E-state index in [1.807, 2.05) is 6.92 Å². The lowest BCUT2D eigenvalue weighted by Crippen LogP contribution is -2.20. The van der Waals surface area contributed by atoms with Gasteiger partial charge in [-0.2, -0.15) is 0 Å². The van der Waals surface area contributed by atoms with Crippen LogP contribution in [0.3, 0.4) is 0 Å². The van der Waals surface area contributed by atoms with Crippen LogP contribution in [0.4, 0.5) is 4.79 Å². The molecule has 1 aliphatic heterocycles. The standard InChI is InChI=1S/C10H18O6/c1-2-12-3-4-13-5-6-14-7-9-8-15-10(11)16-9/h9H,2-8H2,1H3. The molecule has 0 N–H and O–H groups in total. The lowest BCUT2D eigenvalue weighted by Gasteiger charge is -2.08. The number of ether oxygens (including phenoxy) is 5. The third-order valence-corrected chi connectivity index (χ3v) is 1.90. The van der Waals surface area contributed by atoms with Crippen molar-refractivity contribution in [1.82, 2.24) is 0 Å². The third kappa shape index (κ3) is 5.89. The summed E-state index contributed by atoms with van der Waals surface area (Å²) in [6.45, 7) is 5.41. The van der Waals surface area contributed by atoms with E-state index >= 15 is 0 Å². The fourth-order valence-electron chi connectivity index (χ4n) is 1.14. The molecule has 94 valence electrons. The van der Waals surface area contributed by atoms with Crippen LogP contribution < -0.4 is 0 Å². The first-order chi connectivity index (χ1) is 7.83. The Bertz CT molecular complexity index is 196. The molecule has 1 saturated heterocycles. The minimum Gasteiger partial charge on any atom is -0.430 e. The minimum atomic E-state index is -0.624. The van der Waals surface area contributed by atoms with E-state index in [0.717, 1.165) is 0 Å². The molecule has 6 heteroatoms. The number of carbonyl (C=O) groups excluding carboxylic acids is 1. The summed E-state index contributed by atoms with van der Waals surface area (Å²) in [6, 6.07) is 0. The molecule has 0 saturated carbocycles. The van der Waals surface area contributed by atoms with E-state index in [0.29, 0.717) is 39.6 Å². The summed E-state index contributed by atoms with van der Waals surface area (Å²) in [5, 5.41) is 0. The van der Waals surface area contributed by atoms with Crippen molar-refractivity contribution in [1.29, 1.82) is 0 Å². The minimum absolute atomic E-state index is 0.268. The fourth-order valence-corrected chi connectivity index (χ4v) is 1.14. The molecule has 1 fully saturated rings. The molecular weight excluding hydrogens is 216 g/mol. The van der Waals surface area contributed by atoms with Crippen LogP contribution in [-0.2, 0) is 23.7 Å². The zero-order valence-electron chi connectivity index (χ0n) is 9.48. The first-order valence-corrected chi connectivity index (χ1v) is 5.39. The van der Waals surface area contributed by atoms with Crippen molar-refractivity contribution < 1.29 is 28.5 Å². The second-order valence-corrected chi connectivity index (χ2v) is 3.19. The first-order valence-electron chi connectivity index (χ1n) is 5.39. The maximum Gasteiger partial charge on any atom is 0.508 e. The van der Waals surface area contributed by atoms with Gasteiger partial charge in [-0.1, -0.05) is 0 Å². The maximum absolute atomic E-state index is 10.6. The van der Waals surface area contributed by atoms with Gasteiger partial charge in [0.15, 0.2) is 6.10 Å². The summed E-state index contributed by atoms with van der Waals surface area (Å²) in [7, 11) is 0. The van der Waals surface area contributed by atoms with Gasteiger partial charge in [0.2, 0.25) is 0 Å². The smallest absolute Gasteiger partial charge is 0.430 e. The van der Waals surface area contributed by atoms with E-state index in [4.69, 9.17) is 18.9 Å². The zero-order chi connectivity index (χ0) is 11.6. The number of carbonyl (C=O) groups is 1. The van der Waals surface area contributed by atoms with Crippen molar-refractivity contribution in [3.8, 4) is 0 Å². The van der Waals surface area contributed by atoms with Gasteiger partial charge in [0.05, 0.1) is 33.0 Å². The second kappa shape index (κ2) is 8.32. The predicted molar refractivity (Wildman–Crippen MR) is 54.4 cm³/mol. The molecule has 0 spiro atoms. The molecule has 1 rings (SSSR count). The van der Waals surface area contributed by atoms with Gasteiger partial charge in [0.1, 0.15) is 6.61 Å². The molecule has 0 aliphatic carbocycles. The van der Waals surface area contributed by atoms with Crippen LogP contribution in [0.5, 0.6) is 0 Å². The molecule has 0 radical (unpaired) electrons. The average Bonchev–Trinajstić information content (AvgIpc) is 2.68. The molecule has 0 amide bonds. The van der Waals surface area contributed by atoms with Gasteiger partial charge in [-0.25, -0.2) is 4.79 Å². The molecule has 6 nitrogen and oxygen atoms in total. The summed E-state index contributed by atoms with van der Waals surface area (Å²) >= 11 is 0. The quantitative estimate of drug-likeness (QED) is 0.430. The van der Waals surface area contributed by atoms with E-state index in [2.05, 4.69) is 4.74 Å². The number of hydrogen-bond donors (Lipinski definition) is 0. The van der Waals surface area contributed by atoms with Gasteiger partial charge in [-0.05, 0) is 6.92 Å². The monoisotopic (exact) mass is 234 g/mol. The van der Waals surface area contributed by atoms with Gasteiger partial charge in [-0.3, -0.25) is 0 Å². The lowest BCUT2D eigenvalue weighted by molar-refractivity contribution is -0.00345. The Kier molecular flexibility index (Phi) is 6.87. The SMILES string of the molecule is CCOCCOCCOCC1COC(=O)O1. The summed E-state index contributed by atoms with van der Waals surface area (Å²) in [5.41, 5.74) is 0. The normalized spacial score (nSPS) is 19.6. The molecular formula is C10H18O6. The van der Waals surface area contributed by atoms with Crippen molar-refractivity contribution in [3.05, 3.63) is 0 Å². The second-order valence-electron chi connectivity index (χ2n) is 3.19. The van der Waals surface area contributed by atoms with Crippen LogP contribution in [0.1, 0.15) is 6.92 Å². The highest BCUT2D eigenvalue weighted by atomic mass is 16.8. The van der Waals surface area contributed by atoms with Crippen LogP contribution in [0.25, 0.3) is 0 Å². The van der Waals surface area contributed by atoms with Crippen molar-refractivity contribution >= 4 is 6.16 Å². The molecule has 1 aliphatic rings. The predicted octanol–water partition coefficient (Wildman–Crippen LogP) is 0.592. The molecule has 1 atom stereocenters. The largest absolute Gasteiger partial charge is 0.508 e. The summed E-state index contributed by atoms with van der Waals surface area (Å²) < 4.78 is 24.9. The average molecular weight is 234 g/mol. The van der Waals surface area contributed by atoms with Gasteiger partial charge < -0.3 is 23.7 Å². The molecule has 0 bridgehead atoms. The van der Waals surface area contributed by atoms with E-state index in [1.54, 1.807) is 0 Å². The molecule has 16 heavy (non-hydrogen) atoms. The Balaban J connectivity index is 1.79. The Morgan fingerprint density at radius 1 is 1.19 bits per heavy atom. The third-order valence-electron chi connectivity index (χ3n) is 1.90. The number of hydrogen-bond acceptors (Lipinski definition) is 6. The van der Waals surface area contributed by atoms with E-state index in [9.17, 15) is 4.79 Å². The Hall–Kier alpha value is -0.850. The molecule has 0 aromatic rings. The van der Waals surface area contributed by atoms with Crippen molar-refractivity contribution in [2.45, 2.75) is 13.0 Å². The van der Waals surface area contributed by atoms with Gasteiger partial charge in [-0.15, -0.1) is 0 Å². The first kappa shape index (κ1) is 13.2. The molecule has 0 aromatic heterocycles. The van der Waals surface area contributed by atoms with Crippen LogP contribution in [-0.4, -0.2) is 58.5 Å². The Labute approximate surface area is 94.7 Å². The van der Waals surface area contributed by atoms with Crippen LogP contribution >= 0.6 is 0 Å². The highest BCUT2D eigenvalue weighted by molar-refractivity contribution is 5.61. The maximum atomic E-state index is 10.6. The Morgan fingerprint density at radius 3 is 2.50 bits per heavy atom. The summed E-state index contributed by atoms with van der Waals surface area (Å²) in [5.74, 6) is 0. The van der Waals surface area contributed by atoms with Crippen LogP contribution in [0.15, 0.2) is 0 Å². The van der Waals surface area contributed by atoms with Crippen molar-refractivity contribution in [3.63, 3.8) is 0 Å². The Morgan fingerprint density at radius 2 is 1.88 bits per heavy atom. The topological polar surface area (TPSA) is 63.2 Å². The molecule has 1 unspecified atom stereocenters. The van der Waals surface area contributed by atoms with Crippen molar-refractivity contribution in [2.24, 2.45) is 0 Å².